The van der Waals surface area contributed by atoms with Crippen LogP contribution >= 0.6 is 0 Å². The minimum Gasteiger partial charge on any atom is -0.489 e. The number of carbonyl (C=O) groups is 3. The van der Waals surface area contributed by atoms with Crippen molar-refractivity contribution < 1.29 is 23.9 Å². The summed E-state index contributed by atoms with van der Waals surface area (Å²) in [5.41, 5.74) is 2.62. The minimum absolute atomic E-state index is 0.0498. The van der Waals surface area contributed by atoms with Gasteiger partial charge < -0.3 is 19.7 Å². The van der Waals surface area contributed by atoms with Crippen LogP contribution in [0.3, 0.4) is 0 Å². The molecule has 33 heavy (non-hydrogen) atoms. The topological polar surface area (TPSA) is 97.0 Å². The molecule has 0 spiro atoms. The van der Waals surface area contributed by atoms with E-state index in [0.717, 1.165) is 18.5 Å². The zero-order valence-electron chi connectivity index (χ0n) is 18.3. The summed E-state index contributed by atoms with van der Waals surface area (Å²) in [5.74, 6) is -0.175. The van der Waals surface area contributed by atoms with Gasteiger partial charge in [0.05, 0.1) is 19.3 Å². The summed E-state index contributed by atoms with van der Waals surface area (Å²) in [4.78, 5) is 38.1. The highest BCUT2D eigenvalue weighted by atomic mass is 16.5. The molecule has 2 aromatic carbocycles. The van der Waals surface area contributed by atoms with Gasteiger partial charge in [0.1, 0.15) is 17.9 Å². The number of amides is 3. The first kappa shape index (κ1) is 21.6. The summed E-state index contributed by atoms with van der Waals surface area (Å²) in [7, 11) is 0. The molecule has 2 saturated heterocycles. The number of nitrogens with one attached hydrogen (secondary N) is 2. The Kier molecular flexibility index (Phi) is 6.11. The Morgan fingerprint density at radius 2 is 1.94 bits per heavy atom. The number of rotatable bonds is 6. The normalized spacial score (nSPS) is 25.0. The molecule has 0 radical (unpaired) electrons. The van der Waals surface area contributed by atoms with E-state index in [4.69, 9.17) is 9.47 Å². The highest BCUT2D eigenvalue weighted by molar-refractivity contribution is 6.05. The first-order valence-electron chi connectivity index (χ1n) is 11.4. The third-order valence-electron chi connectivity index (χ3n) is 6.49. The fourth-order valence-corrected chi connectivity index (χ4v) is 4.69. The molecule has 0 aliphatic carbocycles. The van der Waals surface area contributed by atoms with Crippen LogP contribution in [-0.4, -0.2) is 54.0 Å². The van der Waals surface area contributed by atoms with Gasteiger partial charge in [0.15, 0.2) is 0 Å². The fourth-order valence-electron chi connectivity index (χ4n) is 4.69. The van der Waals surface area contributed by atoms with Crippen molar-refractivity contribution in [2.45, 2.75) is 50.5 Å². The highest BCUT2D eigenvalue weighted by Gasteiger charge is 2.39. The quantitative estimate of drug-likeness (QED) is 0.653. The molecule has 3 atom stereocenters. The summed E-state index contributed by atoms with van der Waals surface area (Å²) >= 11 is 0. The molecule has 3 aliphatic heterocycles. The van der Waals surface area contributed by atoms with E-state index in [1.807, 2.05) is 30.3 Å². The van der Waals surface area contributed by atoms with Crippen molar-refractivity contribution in [1.82, 2.24) is 15.5 Å². The Balaban J connectivity index is 1.25. The van der Waals surface area contributed by atoms with E-state index in [1.165, 1.54) is 5.56 Å². The van der Waals surface area contributed by atoms with E-state index in [2.05, 4.69) is 22.8 Å². The lowest BCUT2D eigenvalue weighted by Gasteiger charge is -2.32. The van der Waals surface area contributed by atoms with Crippen molar-refractivity contribution in [1.29, 1.82) is 0 Å². The van der Waals surface area contributed by atoms with Gasteiger partial charge in [0, 0.05) is 31.5 Å². The molecule has 0 saturated carbocycles. The Morgan fingerprint density at radius 3 is 2.76 bits per heavy atom. The molecule has 8 heteroatoms. The van der Waals surface area contributed by atoms with Gasteiger partial charge >= 0.3 is 0 Å². The van der Waals surface area contributed by atoms with Crippen molar-refractivity contribution in [2.24, 2.45) is 0 Å². The molecule has 2 fully saturated rings. The third kappa shape index (κ3) is 4.62. The standard InChI is InChI=1S/C25H27N3O5/c29-23-9-8-21(24(30)27-23)28-14-17-12-18(6-7-19(17)25(28)31)33-22-10-11-32-15-20(22)26-13-16-4-2-1-3-5-16/h1-7,12,20-22,26H,8-11,13-15H2,(H,27,29,30). The van der Waals surface area contributed by atoms with Crippen molar-refractivity contribution in [3.05, 3.63) is 65.2 Å². The Hall–Kier alpha value is -3.23. The second-order valence-electron chi connectivity index (χ2n) is 8.71. The number of carbonyl (C=O) groups excluding carboxylic acids is 3. The summed E-state index contributed by atoms with van der Waals surface area (Å²) in [6.45, 7) is 2.28. The number of hydrogen-bond donors (Lipinski definition) is 2. The molecule has 2 aromatic rings. The fraction of sp³-hybridized carbons (Fsp3) is 0.400. The molecule has 3 heterocycles. The average Bonchev–Trinajstić information content (AvgIpc) is 3.14. The number of ether oxygens (including phenoxy) is 2. The largest absolute Gasteiger partial charge is 0.489 e. The van der Waals surface area contributed by atoms with Gasteiger partial charge in [0.2, 0.25) is 11.8 Å². The zero-order chi connectivity index (χ0) is 22.8. The smallest absolute Gasteiger partial charge is 0.255 e. The van der Waals surface area contributed by atoms with Gasteiger partial charge in [-0.15, -0.1) is 0 Å². The summed E-state index contributed by atoms with van der Waals surface area (Å²) in [6, 6.07) is 15.1. The Morgan fingerprint density at radius 1 is 1.09 bits per heavy atom. The molecule has 8 nitrogen and oxygen atoms in total. The maximum absolute atomic E-state index is 12.9. The molecule has 3 aliphatic rings. The summed E-state index contributed by atoms with van der Waals surface area (Å²) in [6.07, 6.45) is 1.31. The Bertz CT molecular complexity index is 1060. The number of hydrogen-bond acceptors (Lipinski definition) is 6. The average molecular weight is 450 g/mol. The van der Waals surface area contributed by atoms with E-state index in [-0.39, 0.29) is 30.4 Å². The third-order valence-corrected chi connectivity index (χ3v) is 6.49. The molecule has 5 rings (SSSR count). The van der Waals surface area contributed by atoms with Crippen molar-refractivity contribution in [3.63, 3.8) is 0 Å². The molecule has 3 amide bonds. The number of benzene rings is 2. The van der Waals surface area contributed by atoms with Crippen molar-refractivity contribution >= 4 is 17.7 Å². The molecule has 0 bridgehead atoms. The van der Waals surface area contributed by atoms with Gasteiger partial charge in [-0.2, -0.15) is 0 Å². The number of imide groups is 1. The lowest BCUT2D eigenvalue weighted by molar-refractivity contribution is -0.136. The van der Waals surface area contributed by atoms with Gasteiger partial charge in [-0.1, -0.05) is 30.3 Å². The Labute approximate surface area is 192 Å². The van der Waals surface area contributed by atoms with E-state index in [9.17, 15) is 14.4 Å². The molecular weight excluding hydrogens is 422 g/mol. The zero-order valence-corrected chi connectivity index (χ0v) is 18.3. The molecule has 0 aromatic heterocycles. The van der Waals surface area contributed by atoms with Crippen LogP contribution in [0.5, 0.6) is 5.75 Å². The lowest BCUT2D eigenvalue weighted by atomic mass is 10.0. The number of fused-ring (bicyclic) bond motifs is 1. The first-order chi connectivity index (χ1) is 16.1. The predicted octanol–water partition coefficient (Wildman–Crippen LogP) is 1.77. The second kappa shape index (κ2) is 9.33. The van der Waals surface area contributed by atoms with Crippen LogP contribution in [-0.2, 0) is 27.4 Å². The number of piperidine rings is 1. The van der Waals surface area contributed by atoms with Crippen LogP contribution in [0.15, 0.2) is 48.5 Å². The minimum atomic E-state index is -0.617. The predicted molar refractivity (Wildman–Crippen MR) is 119 cm³/mol. The van der Waals surface area contributed by atoms with Gasteiger partial charge in [-0.05, 0) is 35.7 Å². The molecular formula is C25H27N3O5. The van der Waals surface area contributed by atoms with Crippen LogP contribution in [0, 0.1) is 0 Å². The van der Waals surface area contributed by atoms with Gasteiger partial charge in [-0.3, -0.25) is 19.7 Å². The maximum Gasteiger partial charge on any atom is 0.255 e. The van der Waals surface area contributed by atoms with Gasteiger partial charge in [0.25, 0.3) is 5.91 Å². The van der Waals surface area contributed by atoms with E-state index in [1.54, 1.807) is 11.0 Å². The first-order valence-corrected chi connectivity index (χ1v) is 11.4. The van der Waals surface area contributed by atoms with E-state index >= 15 is 0 Å². The van der Waals surface area contributed by atoms with Crippen LogP contribution in [0.25, 0.3) is 0 Å². The molecule has 3 unspecified atom stereocenters. The molecule has 172 valence electrons. The highest BCUT2D eigenvalue weighted by Crippen LogP contribution is 2.31. The van der Waals surface area contributed by atoms with Crippen LogP contribution in [0.2, 0.25) is 0 Å². The monoisotopic (exact) mass is 449 g/mol. The second-order valence-corrected chi connectivity index (χ2v) is 8.71. The SMILES string of the molecule is O=C1CCC(N2Cc3cc(OC4CCOCC4NCc4ccccc4)ccc3C2=O)C(=O)N1. The van der Waals surface area contributed by atoms with E-state index in [0.29, 0.717) is 37.5 Å². The van der Waals surface area contributed by atoms with E-state index < -0.39 is 11.9 Å². The van der Waals surface area contributed by atoms with Gasteiger partial charge in [-0.25, -0.2) is 0 Å². The molecule has 2 N–H and O–H groups in total. The van der Waals surface area contributed by atoms with Crippen LogP contribution < -0.4 is 15.4 Å². The summed E-state index contributed by atoms with van der Waals surface area (Å²) < 4.78 is 12.0. The summed E-state index contributed by atoms with van der Waals surface area (Å²) in [5, 5.41) is 5.87. The van der Waals surface area contributed by atoms with Crippen molar-refractivity contribution in [3.8, 4) is 5.75 Å². The maximum atomic E-state index is 12.9. The lowest BCUT2D eigenvalue weighted by Crippen LogP contribution is -2.52. The van der Waals surface area contributed by atoms with Crippen LogP contribution in [0.1, 0.15) is 40.7 Å². The van der Waals surface area contributed by atoms with Crippen molar-refractivity contribution in [2.75, 3.05) is 13.2 Å². The number of nitrogens with zero attached hydrogens (tertiary/aromatic N) is 1. The van der Waals surface area contributed by atoms with Crippen LogP contribution in [0.4, 0.5) is 0 Å².